The van der Waals surface area contributed by atoms with Crippen molar-refractivity contribution in [2.24, 2.45) is 11.7 Å². The molecule has 0 aromatic carbocycles. The maximum Gasteiger partial charge on any atom is 0.150 e. The minimum atomic E-state index is -0.282. The van der Waals surface area contributed by atoms with Gasteiger partial charge in [0.25, 0.3) is 0 Å². The molecule has 0 aliphatic heterocycles. The summed E-state index contributed by atoms with van der Waals surface area (Å²) in [5, 5.41) is 2.04. The van der Waals surface area contributed by atoms with E-state index in [1.807, 2.05) is 18.4 Å². The van der Waals surface area contributed by atoms with Gasteiger partial charge in [-0.1, -0.05) is 26.3 Å². The lowest BCUT2D eigenvalue weighted by molar-refractivity contribution is -0.121. The first-order valence-electron chi connectivity index (χ1n) is 5.45. The number of ketones is 1. The van der Waals surface area contributed by atoms with Gasteiger partial charge in [0.05, 0.1) is 6.04 Å². The van der Waals surface area contributed by atoms with Gasteiger partial charge < -0.3 is 5.73 Å². The van der Waals surface area contributed by atoms with Gasteiger partial charge in [-0.25, -0.2) is 0 Å². The van der Waals surface area contributed by atoms with Crippen LogP contribution in [0.5, 0.6) is 0 Å². The van der Waals surface area contributed by atoms with E-state index in [1.54, 1.807) is 11.3 Å². The van der Waals surface area contributed by atoms with Crippen molar-refractivity contribution in [3.63, 3.8) is 0 Å². The van der Waals surface area contributed by atoms with Crippen LogP contribution in [0, 0.1) is 5.92 Å². The molecule has 0 saturated carbocycles. The smallest absolute Gasteiger partial charge is 0.150 e. The van der Waals surface area contributed by atoms with E-state index < -0.39 is 0 Å². The average Bonchev–Trinajstić information content (AvgIpc) is 2.76. The quantitative estimate of drug-likeness (QED) is 0.808. The van der Waals surface area contributed by atoms with E-state index in [-0.39, 0.29) is 11.8 Å². The maximum atomic E-state index is 11.7. The van der Waals surface area contributed by atoms with Crippen LogP contribution in [0.3, 0.4) is 0 Å². The number of carbonyl (C=O) groups excluding carboxylic acids is 1. The first-order valence-corrected chi connectivity index (χ1v) is 6.33. The predicted molar refractivity (Wildman–Crippen MR) is 65.1 cm³/mol. The number of hydrogen-bond acceptors (Lipinski definition) is 3. The molecule has 0 spiro atoms. The molecular weight excluding hydrogens is 206 g/mol. The normalized spacial score (nSPS) is 14.9. The topological polar surface area (TPSA) is 43.1 Å². The molecule has 0 bridgehead atoms. The molecule has 0 radical (unpaired) electrons. The third-order valence-corrected chi connectivity index (χ3v) is 3.76. The fourth-order valence-corrected chi connectivity index (χ4v) is 2.15. The van der Waals surface area contributed by atoms with Crippen LogP contribution < -0.4 is 5.73 Å². The second-order valence-electron chi connectivity index (χ2n) is 3.96. The molecule has 0 amide bonds. The summed E-state index contributed by atoms with van der Waals surface area (Å²) in [5.74, 6) is 0.485. The minimum absolute atomic E-state index is 0.192. The van der Waals surface area contributed by atoms with Crippen molar-refractivity contribution in [3.8, 4) is 0 Å². The van der Waals surface area contributed by atoms with E-state index in [9.17, 15) is 4.79 Å². The van der Waals surface area contributed by atoms with E-state index in [2.05, 4.69) is 13.0 Å². The van der Waals surface area contributed by atoms with Crippen molar-refractivity contribution in [2.45, 2.75) is 39.2 Å². The zero-order valence-electron chi connectivity index (χ0n) is 9.40. The summed E-state index contributed by atoms with van der Waals surface area (Å²) >= 11 is 1.70. The number of thiophene rings is 1. The number of aryl methyl sites for hydroxylation is 1. The number of hydrogen-bond donors (Lipinski definition) is 1. The van der Waals surface area contributed by atoms with Gasteiger partial charge in [0.15, 0.2) is 0 Å². The summed E-state index contributed by atoms with van der Waals surface area (Å²) in [6.07, 6.45) is 2.37. The van der Waals surface area contributed by atoms with Gasteiger partial charge in [-0.3, -0.25) is 4.79 Å². The highest BCUT2D eigenvalue weighted by atomic mass is 32.1. The summed E-state index contributed by atoms with van der Waals surface area (Å²) in [5.41, 5.74) is 5.86. The Labute approximate surface area is 95.5 Å². The van der Waals surface area contributed by atoms with Gasteiger partial charge >= 0.3 is 0 Å². The summed E-state index contributed by atoms with van der Waals surface area (Å²) in [6.45, 7) is 4.10. The molecular formula is C12H19NOS. The summed E-state index contributed by atoms with van der Waals surface area (Å²) in [6, 6.07) is 3.79. The van der Waals surface area contributed by atoms with Gasteiger partial charge in [-0.05, 0) is 23.8 Å². The number of rotatable bonds is 6. The summed E-state index contributed by atoms with van der Waals surface area (Å²) < 4.78 is 0. The van der Waals surface area contributed by atoms with Crippen molar-refractivity contribution in [1.29, 1.82) is 0 Å². The first kappa shape index (κ1) is 12.4. The molecule has 0 aliphatic rings. The number of Topliss-reactive ketones (excluding diaryl/α,β-unsaturated/α-hetero) is 1. The predicted octanol–water partition coefficient (Wildman–Crippen LogP) is 2.62. The van der Waals surface area contributed by atoms with Crippen molar-refractivity contribution in [1.82, 2.24) is 0 Å². The number of carbonyl (C=O) groups is 1. The molecule has 2 N–H and O–H groups in total. The van der Waals surface area contributed by atoms with Gasteiger partial charge in [0, 0.05) is 11.3 Å². The van der Waals surface area contributed by atoms with Gasteiger partial charge in [-0.15, -0.1) is 11.3 Å². The number of nitrogens with two attached hydrogens (primary N) is 1. The van der Waals surface area contributed by atoms with Gasteiger partial charge in [0.1, 0.15) is 5.78 Å². The second kappa shape index (κ2) is 6.03. The molecule has 1 aromatic heterocycles. The Bertz CT molecular complexity index is 295. The lowest BCUT2D eigenvalue weighted by Crippen LogP contribution is -2.36. The van der Waals surface area contributed by atoms with E-state index in [0.29, 0.717) is 12.3 Å². The highest BCUT2D eigenvalue weighted by molar-refractivity contribution is 7.09. The van der Waals surface area contributed by atoms with Gasteiger partial charge in [-0.2, -0.15) is 0 Å². The van der Waals surface area contributed by atoms with Crippen molar-refractivity contribution >= 4 is 17.1 Å². The third-order valence-electron chi connectivity index (χ3n) is 2.83. The van der Waals surface area contributed by atoms with Crippen LogP contribution in [0.25, 0.3) is 0 Å². The van der Waals surface area contributed by atoms with E-state index in [4.69, 9.17) is 5.73 Å². The fraction of sp³-hybridized carbons (Fsp3) is 0.583. The molecule has 2 atom stereocenters. The molecule has 2 unspecified atom stereocenters. The molecule has 0 saturated heterocycles. The zero-order valence-corrected chi connectivity index (χ0v) is 10.2. The van der Waals surface area contributed by atoms with Crippen LogP contribution in [0.2, 0.25) is 0 Å². The summed E-state index contributed by atoms with van der Waals surface area (Å²) in [7, 11) is 0. The van der Waals surface area contributed by atoms with Crippen LogP contribution in [-0.4, -0.2) is 11.8 Å². The molecule has 84 valence electrons. The molecule has 0 aliphatic carbocycles. The van der Waals surface area contributed by atoms with Crippen LogP contribution in [0.1, 0.15) is 31.6 Å². The van der Waals surface area contributed by atoms with Crippen molar-refractivity contribution < 1.29 is 4.79 Å². The Morgan fingerprint density at radius 3 is 2.87 bits per heavy atom. The largest absolute Gasteiger partial charge is 0.321 e. The van der Waals surface area contributed by atoms with E-state index in [1.165, 1.54) is 4.88 Å². The fourth-order valence-electron chi connectivity index (χ4n) is 1.44. The molecule has 2 nitrogen and oxygen atoms in total. The lowest BCUT2D eigenvalue weighted by Gasteiger charge is -2.16. The van der Waals surface area contributed by atoms with Crippen LogP contribution in [0.4, 0.5) is 0 Å². The first-order chi connectivity index (χ1) is 7.15. The average molecular weight is 225 g/mol. The minimum Gasteiger partial charge on any atom is -0.321 e. The van der Waals surface area contributed by atoms with Crippen LogP contribution in [-0.2, 0) is 11.2 Å². The Hall–Kier alpha value is -0.670. The Morgan fingerprint density at radius 2 is 2.33 bits per heavy atom. The van der Waals surface area contributed by atoms with E-state index in [0.717, 1.165) is 12.8 Å². The monoisotopic (exact) mass is 225 g/mol. The zero-order chi connectivity index (χ0) is 11.3. The standard InChI is InChI=1S/C12H19NOS/c1-3-9(2)12(13)11(14)7-6-10-5-4-8-15-10/h4-5,8-9,12H,3,6-7,13H2,1-2H3. The second-order valence-corrected chi connectivity index (χ2v) is 4.99. The Kier molecular flexibility index (Phi) is 4.99. The molecule has 1 rings (SSSR count). The van der Waals surface area contributed by atoms with Gasteiger partial charge in [0.2, 0.25) is 0 Å². The SMILES string of the molecule is CCC(C)C(N)C(=O)CCc1cccs1. The van der Waals surface area contributed by atoms with E-state index >= 15 is 0 Å². The van der Waals surface area contributed by atoms with Crippen molar-refractivity contribution in [2.75, 3.05) is 0 Å². The van der Waals surface area contributed by atoms with Crippen LogP contribution in [0.15, 0.2) is 17.5 Å². The molecule has 3 heteroatoms. The third kappa shape index (κ3) is 3.76. The Balaban J connectivity index is 2.36. The molecule has 1 heterocycles. The maximum absolute atomic E-state index is 11.7. The molecule has 1 aromatic rings. The lowest BCUT2D eigenvalue weighted by atomic mass is 9.94. The van der Waals surface area contributed by atoms with Crippen molar-refractivity contribution in [3.05, 3.63) is 22.4 Å². The molecule has 0 fully saturated rings. The highest BCUT2D eigenvalue weighted by Crippen LogP contribution is 2.13. The highest BCUT2D eigenvalue weighted by Gasteiger charge is 2.18. The summed E-state index contributed by atoms with van der Waals surface area (Å²) in [4.78, 5) is 13.0. The molecule has 15 heavy (non-hydrogen) atoms. The van der Waals surface area contributed by atoms with Crippen LogP contribution >= 0.6 is 11.3 Å². The Morgan fingerprint density at radius 1 is 1.60 bits per heavy atom.